The average molecular weight is 463 g/mol. The van der Waals surface area contributed by atoms with Crippen molar-refractivity contribution in [2.24, 2.45) is 11.7 Å². The number of nitrogens with one attached hydrogen (secondary N) is 2. The molecule has 0 aliphatic carbocycles. The van der Waals surface area contributed by atoms with Gasteiger partial charge in [0.05, 0.1) is 12.1 Å². The number of rotatable bonds is 10. The molecule has 0 saturated carbocycles. The molecule has 1 aliphatic rings. The number of carboxylic acids is 1. The van der Waals surface area contributed by atoms with E-state index >= 15 is 0 Å². The summed E-state index contributed by atoms with van der Waals surface area (Å²) in [5.74, 6) is -3.09. The Labute approximate surface area is 193 Å². The van der Waals surface area contributed by atoms with Crippen molar-refractivity contribution in [1.29, 1.82) is 0 Å². The van der Waals surface area contributed by atoms with Gasteiger partial charge in [0.15, 0.2) is 0 Å². The van der Waals surface area contributed by atoms with Gasteiger partial charge in [-0.2, -0.15) is 0 Å². The number of aliphatic hydroxyl groups is 1. The number of carbonyl (C=O) groups is 4. The molecular weight excluding hydrogens is 428 g/mol. The fourth-order valence-electron chi connectivity index (χ4n) is 3.75. The van der Waals surface area contributed by atoms with E-state index in [0.29, 0.717) is 24.9 Å². The van der Waals surface area contributed by atoms with Gasteiger partial charge in [-0.05, 0) is 31.2 Å². The fourth-order valence-corrected chi connectivity index (χ4v) is 3.75. The molecule has 10 nitrogen and oxygen atoms in total. The highest BCUT2D eigenvalue weighted by atomic mass is 16.4. The molecule has 1 aromatic carbocycles. The normalized spacial score (nSPS) is 19.5. The molecule has 33 heavy (non-hydrogen) atoms. The fraction of sp³-hybridized carbons (Fsp3) is 0.565. The maximum atomic E-state index is 12.9. The highest BCUT2D eigenvalue weighted by Gasteiger charge is 2.39. The molecule has 0 aromatic heterocycles. The number of amides is 3. The van der Waals surface area contributed by atoms with Crippen LogP contribution in [0.1, 0.15) is 39.2 Å². The van der Waals surface area contributed by atoms with Gasteiger partial charge in [-0.1, -0.05) is 44.2 Å². The maximum absolute atomic E-state index is 12.9. The zero-order valence-corrected chi connectivity index (χ0v) is 19.2. The minimum atomic E-state index is -1.38. The number of hydrogen-bond donors (Lipinski definition) is 5. The van der Waals surface area contributed by atoms with Crippen LogP contribution >= 0.6 is 0 Å². The quantitative estimate of drug-likeness (QED) is 0.317. The van der Waals surface area contributed by atoms with Crippen molar-refractivity contribution < 1.29 is 29.4 Å². The summed E-state index contributed by atoms with van der Waals surface area (Å²) in [5, 5.41) is 24.5. The lowest BCUT2D eigenvalue weighted by Gasteiger charge is -2.30. The average Bonchev–Trinajstić information content (AvgIpc) is 3.26. The van der Waals surface area contributed by atoms with Crippen LogP contribution in [0.4, 0.5) is 0 Å². The van der Waals surface area contributed by atoms with Gasteiger partial charge < -0.3 is 31.5 Å². The number of nitrogens with zero attached hydrogens (tertiary/aromatic N) is 1. The van der Waals surface area contributed by atoms with Crippen LogP contribution < -0.4 is 16.4 Å². The van der Waals surface area contributed by atoms with E-state index in [9.17, 15) is 29.4 Å². The lowest BCUT2D eigenvalue weighted by molar-refractivity contribution is -0.144. The Morgan fingerprint density at radius 2 is 1.76 bits per heavy atom. The number of likely N-dealkylation sites (tertiary alicyclic amines) is 1. The summed E-state index contributed by atoms with van der Waals surface area (Å²) >= 11 is 0. The van der Waals surface area contributed by atoms with E-state index in [-0.39, 0.29) is 18.2 Å². The second-order valence-electron chi connectivity index (χ2n) is 8.78. The first-order valence-electron chi connectivity index (χ1n) is 11.1. The molecule has 1 heterocycles. The van der Waals surface area contributed by atoms with Crippen molar-refractivity contribution in [3.63, 3.8) is 0 Å². The zero-order chi connectivity index (χ0) is 24.7. The molecule has 5 unspecified atom stereocenters. The number of benzene rings is 1. The second kappa shape index (κ2) is 11.8. The van der Waals surface area contributed by atoms with Gasteiger partial charge in [-0.25, -0.2) is 4.79 Å². The van der Waals surface area contributed by atoms with Gasteiger partial charge in [-0.15, -0.1) is 0 Å². The Morgan fingerprint density at radius 3 is 2.30 bits per heavy atom. The third kappa shape index (κ3) is 7.00. The van der Waals surface area contributed by atoms with Gasteiger partial charge >= 0.3 is 5.97 Å². The summed E-state index contributed by atoms with van der Waals surface area (Å²) in [7, 11) is 0. The van der Waals surface area contributed by atoms with E-state index in [1.165, 1.54) is 11.8 Å². The number of carbonyl (C=O) groups excluding carboxylic acids is 3. The summed E-state index contributed by atoms with van der Waals surface area (Å²) in [6.45, 7) is 5.33. The topological polar surface area (TPSA) is 162 Å². The van der Waals surface area contributed by atoms with Gasteiger partial charge in [0.1, 0.15) is 18.1 Å². The first-order valence-corrected chi connectivity index (χ1v) is 11.1. The van der Waals surface area contributed by atoms with Crippen molar-refractivity contribution in [1.82, 2.24) is 15.5 Å². The van der Waals surface area contributed by atoms with Crippen LogP contribution in [0, 0.1) is 5.92 Å². The summed E-state index contributed by atoms with van der Waals surface area (Å²) in [6.07, 6.45) is -0.232. The van der Waals surface area contributed by atoms with Crippen LogP contribution in [0.3, 0.4) is 0 Å². The van der Waals surface area contributed by atoms with Crippen molar-refractivity contribution in [2.75, 3.05) is 6.54 Å². The zero-order valence-electron chi connectivity index (χ0n) is 19.2. The first-order chi connectivity index (χ1) is 15.5. The van der Waals surface area contributed by atoms with Gasteiger partial charge in [0.25, 0.3) is 0 Å². The summed E-state index contributed by atoms with van der Waals surface area (Å²) < 4.78 is 0. The molecule has 3 amide bonds. The predicted octanol–water partition coefficient (Wildman–Crippen LogP) is -0.362. The molecule has 1 fully saturated rings. The Kier molecular flexibility index (Phi) is 9.36. The van der Waals surface area contributed by atoms with Crippen LogP contribution in [0.5, 0.6) is 0 Å². The van der Waals surface area contributed by atoms with Gasteiger partial charge in [0, 0.05) is 13.0 Å². The maximum Gasteiger partial charge on any atom is 0.326 e. The van der Waals surface area contributed by atoms with Crippen LogP contribution in [0.25, 0.3) is 0 Å². The number of aliphatic carboxylic acids is 1. The van der Waals surface area contributed by atoms with E-state index in [4.69, 9.17) is 5.73 Å². The third-order valence-electron chi connectivity index (χ3n) is 5.80. The Bertz CT molecular complexity index is 845. The van der Waals surface area contributed by atoms with Crippen molar-refractivity contribution >= 4 is 23.7 Å². The molecule has 0 bridgehead atoms. The molecule has 0 spiro atoms. The summed E-state index contributed by atoms with van der Waals surface area (Å²) in [4.78, 5) is 51.5. The highest BCUT2D eigenvalue weighted by molar-refractivity contribution is 5.94. The van der Waals surface area contributed by atoms with Crippen molar-refractivity contribution in [3.05, 3.63) is 35.9 Å². The SMILES string of the molecule is CC(C)C(N)C(=O)N1CCCC1C(=O)NC(C(=O)NC(Cc1ccccc1)C(=O)O)C(C)O. The molecule has 5 atom stereocenters. The molecule has 182 valence electrons. The molecule has 6 N–H and O–H groups in total. The smallest absolute Gasteiger partial charge is 0.326 e. The number of carboxylic acid groups (broad SMARTS) is 1. The largest absolute Gasteiger partial charge is 0.480 e. The Morgan fingerprint density at radius 1 is 1.12 bits per heavy atom. The van der Waals surface area contributed by atoms with Crippen LogP contribution in [0.2, 0.25) is 0 Å². The van der Waals surface area contributed by atoms with Crippen LogP contribution in [-0.2, 0) is 25.6 Å². The minimum Gasteiger partial charge on any atom is -0.480 e. The lowest BCUT2D eigenvalue weighted by Crippen LogP contribution is -2.59. The lowest BCUT2D eigenvalue weighted by atomic mass is 10.0. The van der Waals surface area contributed by atoms with Gasteiger partial charge in [0.2, 0.25) is 17.7 Å². The van der Waals surface area contributed by atoms with Crippen LogP contribution in [0.15, 0.2) is 30.3 Å². The molecule has 1 aliphatic heterocycles. The molecule has 1 aromatic rings. The van der Waals surface area contributed by atoms with E-state index in [0.717, 1.165) is 0 Å². The predicted molar refractivity (Wildman–Crippen MR) is 121 cm³/mol. The standard InChI is InChI=1S/C23H34N4O6/c1-13(2)18(24)22(31)27-11-7-10-17(27)20(29)26-19(14(3)28)21(30)25-16(23(32)33)12-15-8-5-4-6-9-15/h4-6,8-9,13-14,16-19,28H,7,10-12,24H2,1-3H3,(H,25,30)(H,26,29)(H,32,33). The van der Waals surface area contributed by atoms with E-state index in [1.54, 1.807) is 30.3 Å². The second-order valence-corrected chi connectivity index (χ2v) is 8.78. The molecule has 10 heteroatoms. The van der Waals surface area contributed by atoms with Crippen molar-refractivity contribution in [3.8, 4) is 0 Å². The van der Waals surface area contributed by atoms with Gasteiger partial charge in [-0.3, -0.25) is 14.4 Å². The summed E-state index contributed by atoms with van der Waals surface area (Å²) in [5.41, 5.74) is 6.68. The molecule has 2 rings (SSSR count). The number of nitrogens with two attached hydrogens (primary N) is 1. The minimum absolute atomic E-state index is 0.0420. The molecule has 1 saturated heterocycles. The molecular formula is C23H34N4O6. The first kappa shape index (κ1) is 26.3. The van der Waals surface area contributed by atoms with E-state index < -0.39 is 48.1 Å². The van der Waals surface area contributed by atoms with Crippen molar-refractivity contribution in [2.45, 2.75) is 70.3 Å². The van der Waals surface area contributed by atoms with E-state index in [2.05, 4.69) is 10.6 Å². The highest BCUT2D eigenvalue weighted by Crippen LogP contribution is 2.20. The number of hydrogen-bond acceptors (Lipinski definition) is 6. The molecule has 0 radical (unpaired) electrons. The van der Waals surface area contributed by atoms with E-state index in [1.807, 2.05) is 13.8 Å². The monoisotopic (exact) mass is 462 g/mol. The Hall–Kier alpha value is -2.98. The van der Waals surface area contributed by atoms with Crippen LogP contribution in [-0.4, -0.2) is 75.6 Å². The summed E-state index contributed by atoms with van der Waals surface area (Å²) in [6, 6.07) is 4.61. The number of aliphatic hydroxyl groups excluding tert-OH is 1. The Balaban J connectivity index is 2.09. The third-order valence-corrected chi connectivity index (χ3v) is 5.80.